The second-order valence-corrected chi connectivity index (χ2v) is 6.08. The Morgan fingerprint density at radius 3 is 2.80 bits per heavy atom. The van der Waals surface area contributed by atoms with Crippen LogP contribution < -0.4 is 5.32 Å². The van der Waals surface area contributed by atoms with Crippen molar-refractivity contribution in [3.63, 3.8) is 0 Å². The predicted molar refractivity (Wildman–Crippen MR) is 85.9 cm³/mol. The van der Waals surface area contributed by atoms with Crippen LogP contribution in [0.4, 0.5) is 5.95 Å². The molecule has 1 N–H and O–H groups in total. The molecule has 0 radical (unpaired) electrons. The molecular weight excluding hydrogens is 290 g/mol. The Hall–Kier alpha value is -1.26. The lowest BCUT2D eigenvalue weighted by molar-refractivity contribution is 0.935. The molecule has 20 heavy (non-hydrogen) atoms. The summed E-state index contributed by atoms with van der Waals surface area (Å²) in [5.41, 5.74) is 2.48. The topological polar surface area (TPSA) is 37.8 Å². The van der Waals surface area contributed by atoms with Crippen molar-refractivity contribution in [1.29, 1.82) is 0 Å². The molecule has 3 nitrogen and oxygen atoms in total. The minimum Gasteiger partial charge on any atom is -0.354 e. The van der Waals surface area contributed by atoms with Crippen LogP contribution in [0.3, 0.4) is 0 Å². The molecule has 0 amide bonds. The molecule has 1 heterocycles. The maximum Gasteiger partial charge on any atom is 0.223 e. The number of nitrogens with one attached hydrogen (secondary N) is 1. The van der Waals surface area contributed by atoms with Gasteiger partial charge in [-0.15, -0.1) is 0 Å². The zero-order valence-corrected chi connectivity index (χ0v) is 13.5. The Morgan fingerprint density at radius 1 is 1.30 bits per heavy atom. The number of hydrogen-bond acceptors (Lipinski definition) is 4. The van der Waals surface area contributed by atoms with Gasteiger partial charge in [0, 0.05) is 11.4 Å². The lowest BCUT2D eigenvalue weighted by Gasteiger charge is -2.09. The third kappa shape index (κ3) is 3.87. The summed E-state index contributed by atoms with van der Waals surface area (Å²) in [6.07, 6.45) is 2.68. The van der Waals surface area contributed by atoms with Gasteiger partial charge in [0.1, 0.15) is 5.03 Å². The van der Waals surface area contributed by atoms with Gasteiger partial charge in [-0.1, -0.05) is 48.0 Å². The number of anilines is 1. The minimum atomic E-state index is 0.581. The molecule has 1 aromatic carbocycles. The average Bonchev–Trinajstić information content (AvgIpc) is 2.42. The molecule has 0 aliphatic heterocycles. The molecule has 106 valence electrons. The highest BCUT2D eigenvalue weighted by Crippen LogP contribution is 2.34. The van der Waals surface area contributed by atoms with E-state index in [2.05, 4.69) is 54.3 Å². The third-order valence-electron chi connectivity index (χ3n) is 2.78. The zero-order valence-electron chi connectivity index (χ0n) is 11.9. The van der Waals surface area contributed by atoms with Crippen LogP contribution in [0, 0.1) is 13.8 Å². The van der Waals surface area contributed by atoms with Gasteiger partial charge in [-0.3, -0.25) is 0 Å². The number of rotatable bonds is 5. The van der Waals surface area contributed by atoms with Gasteiger partial charge in [-0.25, -0.2) is 9.97 Å². The second kappa shape index (κ2) is 6.95. The smallest absolute Gasteiger partial charge is 0.223 e. The molecule has 0 unspecified atom stereocenters. The highest BCUT2D eigenvalue weighted by atomic mass is 35.5. The zero-order chi connectivity index (χ0) is 14.5. The molecule has 0 saturated heterocycles. The Kier molecular flexibility index (Phi) is 5.26. The Morgan fingerprint density at radius 2 is 2.10 bits per heavy atom. The molecule has 1 aromatic heterocycles. The number of aryl methyl sites for hydroxylation is 2. The number of nitrogens with zero attached hydrogens (tertiary/aromatic N) is 2. The molecule has 0 aliphatic rings. The van der Waals surface area contributed by atoms with Crippen LogP contribution in [-0.2, 0) is 0 Å². The predicted octanol–water partition coefficient (Wildman–Crippen LogP) is 4.72. The van der Waals surface area contributed by atoms with Gasteiger partial charge in [-0.2, -0.15) is 0 Å². The molecule has 0 fully saturated rings. The van der Waals surface area contributed by atoms with Crippen LogP contribution in [0.15, 0.2) is 34.3 Å². The van der Waals surface area contributed by atoms with Gasteiger partial charge in [0.2, 0.25) is 5.95 Å². The van der Waals surface area contributed by atoms with Crippen molar-refractivity contribution in [2.75, 3.05) is 11.9 Å². The van der Waals surface area contributed by atoms with E-state index in [9.17, 15) is 0 Å². The summed E-state index contributed by atoms with van der Waals surface area (Å²) in [5, 5.41) is 4.54. The molecule has 0 aliphatic carbocycles. The van der Waals surface area contributed by atoms with Gasteiger partial charge in [0.25, 0.3) is 0 Å². The van der Waals surface area contributed by atoms with Crippen LogP contribution in [0.2, 0.25) is 5.02 Å². The monoisotopic (exact) mass is 307 g/mol. The lowest BCUT2D eigenvalue weighted by atomic mass is 10.2. The van der Waals surface area contributed by atoms with Crippen molar-refractivity contribution >= 4 is 29.3 Å². The largest absolute Gasteiger partial charge is 0.354 e. The first kappa shape index (κ1) is 15.1. The minimum absolute atomic E-state index is 0.581. The fraction of sp³-hybridized carbons (Fsp3) is 0.333. The second-order valence-electron chi connectivity index (χ2n) is 4.64. The fourth-order valence-corrected chi connectivity index (χ4v) is 2.82. The Bertz CT molecular complexity index is 602. The summed E-state index contributed by atoms with van der Waals surface area (Å²) in [4.78, 5) is 9.83. The summed E-state index contributed by atoms with van der Waals surface area (Å²) < 4.78 is 0. The van der Waals surface area contributed by atoms with E-state index < -0.39 is 0 Å². The summed E-state index contributed by atoms with van der Waals surface area (Å²) in [7, 11) is 0. The average molecular weight is 308 g/mol. The standard InChI is InChI=1S/C15H18ClN3S/c1-4-7-17-15-18-9-12(16)14(19-15)20-13-6-5-10(2)8-11(13)3/h5-6,8-9H,4,7H2,1-3H3,(H,17,18,19). The van der Waals surface area contributed by atoms with E-state index in [-0.39, 0.29) is 0 Å². The van der Waals surface area contributed by atoms with Gasteiger partial charge in [0.05, 0.1) is 11.2 Å². The maximum absolute atomic E-state index is 6.19. The molecular formula is C15H18ClN3S. The number of aromatic nitrogens is 2. The van der Waals surface area contributed by atoms with Crippen LogP contribution in [0.1, 0.15) is 24.5 Å². The maximum atomic E-state index is 6.19. The van der Waals surface area contributed by atoms with Crippen molar-refractivity contribution in [3.05, 3.63) is 40.5 Å². The van der Waals surface area contributed by atoms with E-state index in [4.69, 9.17) is 11.6 Å². The van der Waals surface area contributed by atoms with E-state index in [1.165, 1.54) is 11.1 Å². The molecule has 2 rings (SSSR count). The Balaban J connectivity index is 2.23. The number of benzene rings is 1. The van der Waals surface area contributed by atoms with E-state index in [0.29, 0.717) is 11.0 Å². The normalized spacial score (nSPS) is 10.6. The fourth-order valence-electron chi connectivity index (χ4n) is 1.76. The molecule has 0 spiro atoms. The van der Waals surface area contributed by atoms with Crippen molar-refractivity contribution in [2.45, 2.75) is 37.1 Å². The van der Waals surface area contributed by atoms with Crippen molar-refractivity contribution in [2.24, 2.45) is 0 Å². The van der Waals surface area contributed by atoms with Gasteiger partial charge in [0.15, 0.2) is 0 Å². The quantitative estimate of drug-likeness (QED) is 0.811. The van der Waals surface area contributed by atoms with Crippen LogP contribution >= 0.6 is 23.4 Å². The van der Waals surface area contributed by atoms with Crippen molar-refractivity contribution < 1.29 is 0 Å². The van der Waals surface area contributed by atoms with Gasteiger partial charge >= 0.3 is 0 Å². The van der Waals surface area contributed by atoms with Crippen LogP contribution in [0.25, 0.3) is 0 Å². The molecule has 2 aromatic rings. The van der Waals surface area contributed by atoms with Crippen LogP contribution in [-0.4, -0.2) is 16.5 Å². The summed E-state index contributed by atoms with van der Waals surface area (Å²) in [6.45, 7) is 7.15. The van der Waals surface area contributed by atoms with Crippen LogP contribution in [0.5, 0.6) is 0 Å². The molecule has 0 saturated carbocycles. The SMILES string of the molecule is CCCNc1ncc(Cl)c(Sc2ccc(C)cc2C)n1. The van der Waals surface area contributed by atoms with Crippen molar-refractivity contribution in [1.82, 2.24) is 9.97 Å². The summed E-state index contributed by atoms with van der Waals surface area (Å²) in [5.74, 6) is 0.628. The third-order valence-corrected chi connectivity index (χ3v) is 4.35. The lowest BCUT2D eigenvalue weighted by Crippen LogP contribution is -2.04. The highest BCUT2D eigenvalue weighted by Gasteiger charge is 2.09. The summed E-state index contributed by atoms with van der Waals surface area (Å²) >= 11 is 7.76. The molecule has 0 bridgehead atoms. The van der Waals surface area contributed by atoms with E-state index >= 15 is 0 Å². The van der Waals surface area contributed by atoms with E-state index in [1.54, 1.807) is 18.0 Å². The highest BCUT2D eigenvalue weighted by molar-refractivity contribution is 7.99. The van der Waals surface area contributed by atoms with Gasteiger partial charge in [-0.05, 0) is 31.9 Å². The Labute approximate surface area is 129 Å². The first-order chi connectivity index (χ1) is 9.60. The van der Waals surface area contributed by atoms with E-state index in [0.717, 1.165) is 22.9 Å². The molecule has 5 heteroatoms. The molecule has 0 atom stereocenters. The van der Waals surface area contributed by atoms with E-state index in [1.807, 2.05) is 0 Å². The first-order valence-corrected chi connectivity index (χ1v) is 7.81. The summed E-state index contributed by atoms with van der Waals surface area (Å²) in [6, 6.07) is 6.36. The van der Waals surface area contributed by atoms with Gasteiger partial charge < -0.3 is 5.32 Å². The first-order valence-electron chi connectivity index (χ1n) is 6.61. The number of halogens is 1. The van der Waals surface area contributed by atoms with Crippen molar-refractivity contribution in [3.8, 4) is 0 Å². The number of hydrogen-bond donors (Lipinski definition) is 1.